The lowest BCUT2D eigenvalue weighted by Crippen LogP contribution is -2.12. The summed E-state index contributed by atoms with van der Waals surface area (Å²) in [6.07, 6.45) is 0.930. The van der Waals surface area contributed by atoms with Crippen LogP contribution in [0.5, 0.6) is 5.75 Å². The molecule has 0 amide bonds. The molecule has 0 aromatic heterocycles. The molecule has 106 valence electrons. The van der Waals surface area contributed by atoms with Crippen molar-refractivity contribution >= 4 is 35.6 Å². The van der Waals surface area contributed by atoms with E-state index in [9.17, 15) is 0 Å². The first kappa shape index (κ1) is 15.5. The van der Waals surface area contributed by atoms with E-state index in [2.05, 4.69) is 6.07 Å². The van der Waals surface area contributed by atoms with Gasteiger partial charge < -0.3 is 10.5 Å². The van der Waals surface area contributed by atoms with Crippen LogP contribution in [-0.4, -0.2) is 6.61 Å². The largest absolute Gasteiger partial charge is 0.493 e. The first-order chi connectivity index (χ1) is 9.15. The highest BCUT2D eigenvalue weighted by molar-refractivity contribution is 6.33. The molecule has 2 N–H and O–H groups in total. The van der Waals surface area contributed by atoms with E-state index in [1.807, 2.05) is 18.2 Å². The maximum Gasteiger partial charge on any atom is 0.122 e. The van der Waals surface area contributed by atoms with E-state index in [0.717, 1.165) is 29.9 Å². The van der Waals surface area contributed by atoms with Gasteiger partial charge in [0.15, 0.2) is 0 Å². The predicted molar refractivity (Wildman–Crippen MR) is 85.4 cm³/mol. The third-order valence-corrected chi connectivity index (χ3v) is 3.95. The lowest BCUT2D eigenvalue weighted by molar-refractivity contribution is 0.357. The average molecular weight is 331 g/mol. The second-order valence-corrected chi connectivity index (χ2v) is 5.45. The molecule has 1 heterocycles. The van der Waals surface area contributed by atoms with Gasteiger partial charge in [-0.05, 0) is 41.0 Å². The minimum Gasteiger partial charge on any atom is -0.493 e. The molecular formula is C15H14Cl3NO. The minimum absolute atomic E-state index is 0. The molecule has 0 spiro atoms. The lowest BCUT2D eigenvalue weighted by atomic mass is 9.97. The van der Waals surface area contributed by atoms with E-state index >= 15 is 0 Å². The Labute approximate surface area is 134 Å². The maximum atomic E-state index is 6.30. The van der Waals surface area contributed by atoms with E-state index in [-0.39, 0.29) is 18.4 Å². The maximum absolute atomic E-state index is 6.30. The Bertz CT molecular complexity index is 631. The summed E-state index contributed by atoms with van der Waals surface area (Å²) >= 11 is 12.2. The van der Waals surface area contributed by atoms with Gasteiger partial charge in [-0.1, -0.05) is 35.3 Å². The average Bonchev–Trinajstić information content (AvgIpc) is 2.88. The number of hydrogen-bond donors (Lipinski definition) is 1. The topological polar surface area (TPSA) is 35.2 Å². The fourth-order valence-electron chi connectivity index (χ4n) is 2.33. The highest BCUT2D eigenvalue weighted by Crippen LogP contribution is 2.32. The smallest absolute Gasteiger partial charge is 0.122 e. The standard InChI is InChI=1S/C15H13Cl2NO.ClH/c16-11-2-3-13(17)12(8-11)15(18)10-1-4-14-9(7-10)5-6-19-14;/h1-4,7-8,15H,5-6,18H2;1H. The van der Waals surface area contributed by atoms with E-state index in [4.69, 9.17) is 33.7 Å². The normalized spacial score (nSPS) is 14.2. The van der Waals surface area contributed by atoms with Crippen molar-refractivity contribution in [2.75, 3.05) is 6.61 Å². The summed E-state index contributed by atoms with van der Waals surface area (Å²) in [5.74, 6) is 0.952. The Hall–Kier alpha value is -0.930. The zero-order valence-corrected chi connectivity index (χ0v) is 12.9. The highest BCUT2D eigenvalue weighted by atomic mass is 35.5. The summed E-state index contributed by atoms with van der Waals surface area (Å²) in [4.78, 5) is 0. The van der Waals surface area contributed by atoms with Crippen LogP contribution in [0.3, 0.4) is 0 Å². The predicted octanol–water partition coefficient (Wildman–Crippen LogP) is 4.40. The molecule has 3 rings (SSSR count). The van der Waals surface area contributed by atoms with Crippen LogP contribution in [0.4, 0.5) is 0 Å². The molecule has 1 atom stereocenters. The van der Waals surface area contributed by atoms with E-state index in [0.29, 0.717) is 10.0 Å². The first-order valence-corrected chi connectivity index (χ1v) is 6.87. The van der Waals surface area contributed by atoms with Crippen LogP contribution in [0.15, 0.2) is 36.4 Å². The van der Waals surface area contributed by atoms with E-state index in [1.165, 1.54) is 5.56 Å². The van der Waals surface area contributed by atoms with Crippen molar-refractivity contribution in [3.05, 3.63) is 63.1 Å². The Kier molecular flexibility index (Phi) is 4.82. The SMILES string of the molecule is Cl.NC(c1ccc2c(c1)CCO2)c1cc(Cl)ccc1Cl. The van der Waals surface area contributed by atoms with Crippen molar-refractivity contribution in [3.63, 3.8) is 0 Å². The molecule has 2 aromatic rings. The Morgan fingerprint density at radius 1 is 1.10 bits per heavy atom. The van der Waals surface area contributed by atoms with Gasteiger partial charge in [0.25, 0.3) is 0 Å². The summed E-state index contributed by atoms with van der Waals surface area (Å²) in [5.41, 5.74) is 9.36. The van der Waals surface area contributed by atoms with Gasteiger partial charge in [-0.2, -0.15) is 0 Å². The number of halogens is 3. The van der Waals surface area contributed by atoms with Gasteiger partial charge in [0, 0.05) is 16.5 Å². The molecule has 20 heavy (non-hydrogen) atoms. The molecule has 2 aromatic carbocycles. The molecule has 0 saturated heterocycles. The number of fused-ring (bicyclic) bond motifs is 1. The van der Waals surface area contributed by atoms with Crippen LogP contribution in [-0.2, 0) is 6.42 Å². The van der Waals surface area contributed by atoms with Crippen LogP contribution in [0.2, 0.25) is 10.0 Å². The molecule has 0 saturated carbocycles. The lowest BCUT2D eigenvalue weighted by Gasteiger charge is -2.15. The van der Waals surface area contributed by atoms with Crippen LogP contribution in [0.25, 0.3) is 0 Å². The second-order valence-electron chi connectivity index (χ2n) is 4.61. The fourth-order valence-corrected chi connectivity index (χ4v) is 2.75. The van der Waals surface area contributed by atoms with Gasteiger partial charge in [-0.3, -0.25) is 0 Å². The third kappa shape index (κ3) is 2.89. The number of hydrogen-bond acceptors (Lipinski definition) is 2. The molecule has 0 bridgehead atoms. The second kappa shape index (κ2) is 6.23. The number of benzene rings is 2. The zero-order chi connectivity index (χ0) is 13.4. The molecule has 1 unspecified atom stereocenters. The number of ether oxygens (including phenoxy) is 1. The number of nitrogens with two attached hydrogens (primary N) is 1. The first-order valence-electron chi connectivity index (χ1n) is 6.11. The monoisotopic (exact) mass is 329 g/mol. The molecule has 0 fully saturated rings. The van der Waals surface area contributed by atoms with Gasteiger partial charge in [0.2, 0.25) is 0 Å². The van der Waals surface area contributed by atoms with Crippen molar-refractivity contribution in [1.82, 2.24) is 0 Å². The van der Waals surface area contributed by atoms with Crippen LogP contribution >= 0.6 is 35.6 Å². The summed E-state index contributed by atoms with van der Waals surface area (Å²) in [7, 11) is 0. The van der Waals surface area contributed by atoms with Gasteiger partial charge in [-0.25, -0.2) is 0 Å². The van der Waals surface area contributed by atoms with Crippen LogP contribution in [0, 0.1) is 0 Å². The van der Waals surface area contributed by atoms with Crippen molar-refractivity contribution in [3.8, 4) is 5.75 Å². The Morgan fingerprint density at radius 3 is 2.70 bits per heavy atom. The summed E-state index contributed by atoms with van der Waals surface area (Å²) in [6.45, 7) is 0.742. The summed E-state index contributed by atoms with van der Waals surface area (Å²) in [5, 5.41) is 1.27. The molecule has 0 aliphatic carbocycles. The van der Waals surface area contributed by atoms with Crippen molar-refractivity contribution in [2.45, 2.75) is 12.5 Å². The Morgan fingerprint density at radius 2 is 1.90 bits per heavy atom. The van der Waals surface area contributed by atoms with Crippen molar-refractivity contribution in [2.24, 2.45) is 5.73 Å². The molecule has 2 nitrogen and oxygen atoms in total. The summed E-state index contributed by atoms with van der Waals surface area (Å²) < 4.78 is 5.49. The third-order valence-electron chi connectivity index (χ3n) is 3.37. The molecule has 5 heteroatoms. The van der Waals surface area contributed by atoms with Gasteiger partial charge >= 0.3 is 0 Å². The van der Waals surface area contributed by atoms with Gasteiger partial charge in [0.05, 0.1) is 12.6 Å². The minimum atomic E-state index is -0.280. The van der Waals surface area contributed by atoms with Crippen molar-refractivity contribution < 1.29 is 4.74 Å². The molecule has 0 radical (unpaired) electrons. The van der Waals surface area contributed by atoms with Gasteiger partial charge in [-0.15, -0.1) is 12.4 Å². The van der Waals surface area contributed by atoms with Gasteiger partial charge in [0.1, 0.15) is 5.75 Å². The van der Waals surface area contributed by atoms with Crippen molar-refractivity contribution in [1.29, 1.82) is 0 Å². The van der Waals surface area contributed by atoms with Crippen LogP contribution < -0.4 is 10.5 Å². The molecular weight excluding hydrogens is 317 g/mol. The Balaban J connectivity index is 0.00000147. The quantitative estimate of drug-likeness (QED) is 0.886. The molecule has 1 aliphatic heterocycles. The number of rotatable bonds is 2. The van der Waals surface area contributed by atoms with E-state index < -0.39 is 0 Å². The zero-order valence-electron chi connectivity index (χ0n) is 10.6. The van der Waals surface area contributed by atoms with Crippen LogP contribution in [0.1, 0.15) is 22.7 Å². The summed E-state index contributed by atoms with van der Waals surface area (Å²) in [6, 6.07) is 11.1. The van der Waals surface area contributed by atoms with E-state index in [1.54, 1.807) is 12.1 Å². The highest BCUT2D eigenvalue weighted by Gasteiger charge is 2.17. The molecule has 1 aliphatic rings. The fraction of sp³-hybridized carbons (Fsp3) is 0.200.